The van der Waals surface area contributed by atoms with Crippen molar-refractivity contribution in [2.24, 2.45) is 0 Å². The highest BCUT2D eigenvalue weighted by atomic mass is 19.1. The van der Waals surface area contributed by atoms with E-state index in [1.165, 1.54) is 23.7 Å². The van der Waals surface area contributed by atoms with E-state index < -0.39 is 0 Å². The number of rotatable bonds is 5. The van der Waals surface area contributed by atoms with Crippen molar-refractivity contribution >= 4 is 22.3 Å². The van der Waals surface area contributed by atoms with Crippen molar-refractivity contribution in [3.05, 3.63) is 77.3 Å². The number of fused-ring (bicyclic) bond motifs is 3. The van der Waals surface area contributed by atoms with Gasteiger partial charge in [0.25, 0.3) is 0 Å². The minimum absolute atomic E-state index is 0.146. The molecule has 1 saturated heterocycles. The Morgan fingerprint density at radius 1 is 1.02 bits per heavy atom. The summed E-state index contributed by atoms with van der Waals surface area (Å²) in [4.78, 5) is 25.3. The van der Waals surface area contributed by atoms with E-state index in [0.29, 0.717) is 37.3 Å². The van der Waals surface area contributed by atoms with Crippen molar-refractivity contribution in [1.82, 2.24) is 24.8 Å². The van der Waals surface area contributed by atoms with Gasteiger partial charge in [-0.1, -0.05) is 12.1 Å². The number of nitrogens with zero attached hydrogens (tertiary/aromatic N) is 7. The van der Waals surface area contributed by atoms with E-state index in [0.717, 1.165) is 60.4 Å². The third-order valence-corrected chi connectivity index (χ3v) is 8.84. The molecule has 3 aliphatic heterocycles. The van der Waals surface area contributed by atoms with Gasteiger partial charge >= 0.3 is 6.01 Å². The van der Waals surface area contributed by atoms with Crippen LogP contribution in [0, 0.1) is 5.82 Å². The molecule has 2 atom stereocenters. The topological polar surface area (TPSA) is 70.5 Å². The smallest absolute Gasteiger partial charge is 0.318 e. The first-order valence-electron chi connectivity index (χ1n) is 14.2. The molecule has 0 bridgehead atoms. The Bertz CT molecular complexity index is 1560. The molecule has 0 N–H and O–H groups in total. The minimum Gasteiger partial charge on any atom is -0.462 e. The number of likely N-dealkylation sites (N-methyl/N-ethyl adjacent to an activating group) is 1. The lowest BCUT2D eigenvalue weighted by Crippen LogP contribution is -2.41. The summed E-state index contributed by atoms with van der Waals surface area (Å²) in [6.07, 6.45) is 10.7. The molecular formula is C31H34FN7O. The number of aromatic nitrogens is 4. The Balaban J connectivity index is 1.26. The van der Waals surface area contributed by atoms with Crippen LogP contribution in [0.1, 0.15) is 42.1 Å². The molecule has 0 radical (unpaired) electrons. The Morgan fingerprint density at radius 2 is 1.95 bits per heavy atom. The maximum atomic E-state index is 14.8. The van der Waals surface area contributed by atoms with Gasteiger partial charge in [0.05, 0.1) is 18.4 Å². The Hall–Kier alpha value is -3.85. The predicted molar refractivity (Wildman–Crippen MR) is 153 cm³/mol. The maximum Gasteiger partial charge on any atom is 0.318 e. The molecule has 1 fully saturated rings. The van der Waals surface area contributed by atoms with Gasteiger partial charge < -0.3 is 19.4 Å². The molecule has 0 spiro atoms. The van der Waals surface area contributed by atoms with Crippen LogP contribution in [0.25, 0.3) is 10.8 Å². The molecule has 3 aliphatic rings. The van der Waals surface area contributed by atoms with Crippen LogP contribution >= 0.6 is 0 Å². The van der Waals surface area contributed by atoms with E-state index >= 15 is 0 Å². The number of ether oxygens (including phenoxy) is 1. The summed E-state index contributed by atoms with van der Waals surface area (Å²) in [5, 5.41) is 2.30. The van der Waals surface area contributed by atoms with Crippen LogP contribution in [0.3, 0.4) is 0 Å². The Kier molecular flexibility index (Phi) is 6.46. The lowest BCUT2D eigenvalue weighted by molar-refractivity contribution is 0.187. The fraction of sp³-hybridized carbons (Fsp3) is 0.419. The van der Waals surface area contributed by atoms with E-state index in [1.807, 2.05) is 12.4 Å². The third kappa shape index (κ3) is 4.52. The minimum atomic E-state index is -0.255. The highest BCUT2D eigenvalue weighted by Gasteiger charge is 2.32. The summed E-state index contributed by atoms with van der Waals surface area (Å²) >= 11 is 0. The first-order chi connectivity index (χ1) is 19.5. The van der Waals surface area contributed by atoms with Gasteiger partial charge in [0.1, 0.15) is 18.2 Å². The van der Waals surface area contributed by atoms with Crippen LogP contribution in [0.4, 0.5) is 15.9 Å². The summed E-state index contributed by atoms with van der Waals surface area (Å²) < 4.78 is 21.1. The molecule has 40 heavy (non-hydrogen) atoms. The van der Waals surface area contributed by atoms with Crippen molar-refractivity contribution in [2.45, 2.75) is 57.8 Å². The van der Waals surface area contributed by atoms with Gasteiger partial charge in [0.2, 0.25) is 0 Å². The lowest BCUT2D eigenvalue weighted by atomic mass is 9.95. The van der Waals surface area contributed by atoms with Crippen LogP contribution in [0.2, 0.25) is 0 Å². The number of halogens is 1. The second-order valence-corrected chi connectivity index (χ2v) is 11.3. The van der Waals surface area contributed by atoms with Crippen molar-refractivity contribution < 1.29 is 9.13 Å². The number of benzene rings is 1. The lowest BCUT2D eigenvalue weighted by Gasteiger charge is -2.39. The quantitative estimate of drug-likeness (QED) is 0.366. The van der Waals surface area contributed by atoms with Gasteiger partial charge in [-0.2, -0.15) is 9.97 Å². The van der Waals surface area contributed by atoms with Crippen LogP contribution < -0.4 is 14.5 Å². The number of pyridine rings is 2. The summed E-state index contributed by atoms with van der Waals surface area (Å²) in [5.41, 5.74) is 4.97. The van der Waals surface area contributed by atoms with Crippen LogP contribution in [-0.2, 0) is 25.9 Å². The molecular weight excluding hydrogens is 505 g/mol. The van der Waals surface area contributed by atoms with Crippen LogP contribution in [-0.4, -0.2) is 63.7 Å². The first-order valence-corrected chi connectivity index (χ1v) is 14.2. The number of hydrogen-bond donors (Lipinski definition) is 0. The zero-order chi connectivity index (χ0) is 27.2. The van der Waals surface area contributed by atoms with Crippen molar-refractivity contribution in [3.63, 3.8) is 0 Å². The van der Waals surface area contributed by atoms with Crippen LogP contribution in [0.15, 0.2) is 49.1 Å². The number of anilines is 2. The fourth-order valence-corrected chi connectivity index (χ4v) is 6.53. The molecule has 8 nitrogen and oxygen atoms in total. The summed E-state index contributed by atoms with van der Waals surface area (Å²) in [5.74, 6) is 0.616. The van der Waals surface area contributed by atoms with Gasteiger partial charge in [-0.3, -0.25) is 9.97 Å². The first kappa shape index (κ1) is 25.1. The highest BCUT2D eigenvalue weighted by molar-refractivity contribution is 5.93. The standard InChI is InChI=1S/C31H34FN7O/c1-20-13-22-15-34-16-27(32)26(22)17-39(20)30-25-9-12-38(29-7-3-5-21-14-33-10-8-24(21)29)18-28(25)35-31(36-30)40-19-23-6-4-11-37(23)2/h3,5,7-8,10,14-16,20,23H,4,6,9,11-13,17-19H2,1-2H3/t20-,23-/m0/s1. The largest absolute Gasteiger partial charge is 0.462 e. The normalized spacial score (nSPS) is 21.0. The molecule has 0 saturated carbocycles. The summed E-state index contributed by atoms with van der Waals surface area (Å²) in [6, 6.07) is 9.35. The van der Waals surface area contributed by atoms with Crippen molar-refractivity contribution in [1.29, 1.82) is 0 Å². The monoisotopic (exact) mass is 539 g/mol. The molecule has 6 heterocycles. The summed E-state index contributed by atoms with van der Waals surface area (Å²) in [6.45, 7) is 5.78. The zero-order valence-corrected chi connectivity index (χ0v) is 23.1. The van der Waals surface area contributed by atoms with Gasteiger partial charge in [0.15, 0.2) is 0 Å². The molecule has 7 rings (SSSR count). The van der Waals surface area contributed by atoms with E-state index in [-0.39, 0.29) is 11.9 Å². The fourth-order valence-electron chi connectivity index (χ4n) is 6.53. The molecule has 3 aromatic heterocycles. The molecule has 4 aromatic rings. The summed E-state index contributed by atoms with van der Waals surface area (Å²) in [7, 11) is 2.15. The van der Waals surface area contributed by atoms with E-state index in [1.54, 1.807) is 6.20 Å². The second kappa shape index (κ2) is 10.3. The zero-order valence-electron chi connectivity index (χ0n) is 23.1. The second-order valence-electron chi connectivity index (χ2n) is 11.3. The molecule has 206 valence electrons. The molecule has 0 unspecified atom stereocenters. The maximum absolute atomic E-state index is 14.8. The van der Waals surface area contributed by atoms with E-state index in [4.69, 9.17) is 14.7 Å². The SMILES string of the molecule is C[C@H]1Cc2cncc(F)c2CN1c1nc(OC[C@@H]2CCCN2C)nc2c1CCN(c1cccc3cnccc13)C2. The van der Waals surface area contributed by atoms with E-state index in [9.17, 15) is 4.39 Å². The van der Waals surface area contributed by atoms with Gasteiger partial charge in [-0.25, -0.2) is 4.39 Å². The molecule has 0 aliphatic carbocycles. The number of likely N-dealkylation sites (tertiary alicyclic amines) is 1. The molecule has 0 amide bonds. The average molecular weight is 540 g/mol. The highest BCUT2D eigenvalue weighted by Crippen LogP contribution is 2.37. The van der Waals surface area contributed by atoms with Gasteiger partial charge in [-0.15, -0.1) is 0 Å². The van der Waals surface area contributed by atoms with Gasteiger partial charge in [-0.05, 0) is 63.9 Å². The Labute approximate surface area is 233 Å². The average Bonchev–Trinajstić information content (AvgIpc) is 3.39. The molecule has 1 aromatic carbocycles. The van der Waals surface area contributed by atoms with Crippen molar-refractivity contribution in [3.8, 4) is 6.01 Å². The van der Waals surface area contributed by atoms with Crippen LogP contribution in [0.5, 0.6) is 6.01 Å². The number of hydrogen-bond acceptors (Lipinski definition) is 8. The third-order valence-electron chi connectivity index (χ3n) is 8.84. The predicted octanol–water partition coefficient (Wildman–Crippen LogP) is 4.55. The molecule has 9 heteroatoms. The Morgan fingerprint density at radius 3 is 2.83 bits per heavy atom. The van der Waals surface area contributed by atoms with E-state index in [2.05, 4.69) is 62.9 Å². The van der Waals surface area contributed by atoms with Gasteiger partial charge in [0, 0.05) is 71.4 Å². The van der Waals surface area contributed by atoms with Crippen molar-refractivity contribution in [2.75, 3.05) is 36.5 Å².